The van der Waals surface area contributed by atoms with Gasteiger partial charge in [0.2, 0.25) is 5.95 Å². The highest BCUT2D eigenvalue weighted by Crippen LogP contribution is 2.31. The van der Waals surface area contributed by atoms with Crippen LogP contribution >= 0.6 is 11.6 Å². The van der Waals surface area contributed by atoms with E-state index in [0.29, 0.717) is 24.2 Å². The maximum absolute atomic E-state index is 12.1. The molecule has 4 rings (SSSR count). The second-order valence-corrected chi connectivity index (χ2v) is 6.67. The molecule has 0 saturated heterocycles. The summed E-state index contributed by atoms with van der Waals surface area (Å²) in [6, 6.07) is 17.2. The van der Waals surface area contributed by atoms with Crippen LogP contribution in [0.15, 0.2) is 59.4 Å². The summed E-state index contributed by atoms with van der Waals surface area (Å²) in [6.45, 7) is 2.83. The van der Waals surface area contributed by atoms with E-state index in [0.717, 1.165) is 22.5 Å². The van der Waals surface area contributed by atoms with E-state index >= 15 is 0 Å². The van der Waals surface area contributed by atoms with E-state index in [-0.39, 0.29) is 11.6 Å². The van der Waals surface area contributed by atoms with Gasteiger partial charge < -0.3 is 14.6 Å². The molecule has 1 atom stereocenters. The average molecular weight is 368 g/mol. The number of anilines is 2. The van der Waals surface area contributed by atoms with Crippen molar-refractivity contribution in [1.82, 2.24) is 9.55 Å². The van der Waals surface area contributed by atoms with Crippen molar-refractivity contribution in [2.24, 2.45) is 0 Å². The highest BCUT2D eigenvalue weighted by molar-refractivity contribution is 6.31. The molecule has 1 aliphatic heterocycles. The van der Waals surface area contributed by atoms with Gasteiger partial charge in [-0.3, -0.25) is 4.79 Å². The summed E-state index contributed by atoms with van der Waals surface area (Å²) in [5.41, 5.74) is 3.33. The van der Waals surface area contributed by atoms with Crippen molar-refractivity contribution in [2.45, 2.75) is 19.6 Å². The van der Waals surface area contributed by atoms with E-state index < -0.39 is 0 Å². The molecule has 2 heterocycles. The number of hydrogen-bond acceptors (Lipinski definition) is 4. The third kappa shape index (κ3) is 3.11. The first-order valence-corrected chi connectivity index (χ1v) is 8.78. The fraction of sp³-hybridized carbons (Fsp3) is 0.200. The third-order valence-corrected chi connectivity index (χ3v) is 4.99. The van der Waals surface area contributed by atoms with Gasteiger partial charge in [-0.1, -0.05) is 48.0 Å². The molecule has 3 aromatic rings. The average Bonchev–Trinajstić information content (AvgIpc) is 2.65. The molecular weight excluding hydrogens is 350 g/mol. The minimum absolute atomic E-state index is 0.0601. The largest absolute Gasteiger partial charge is 0.373 e. The van der Waals surface area contributed by atoms with E-state index in [1.807, 2.05) is 47.9 Å². The van der Waals surface area contributed by atoms with Gasteiger partial charge in [0, 0.05) is 16.8 Å². The summed E-state index contributed by atoms with van der Waals surface area (Å²) in [5, 5.41) is 3.96. The van der Waals surface area contributed by atoms with Crippen LogP contribution in [0.2, 0.25) is 5.02 Å². The maximum Gasteiger partial charge on any atom is 0.274 e. The molecule has 1 N–H and O–H groups in total. The van der Waals surface area contributed by atoms with E-state index in [1.165, 1.54) is 6.07 Å². The lowest BCUT2D eigenvalue weighted by atomic mass is 10.1. The molecule has 0 radical (unpaired) electrons. The van der Waals surface area contributed by atoms with Gasteiger partial charge in [0.25, 0.3) is 5.56 Å². The van der Waals surface area contributed by atoms with E-state index in [2.05, 4.69) is 22.4 Å². The highest BCUT2D eigenvalue weighted by atomic mass is 35.5. The monoisotopic (exact) mass is 367 g/mol. The molecule has 0 fully saturated rings. The summed E-state index contributed by atoms with van der Waals surface area (Å²) in [6.07, 6.45) is 0. The summed E-state index contributed by atoms with van der Waals surface area (Å²) in [5.74, 6) is 0.495. The number of fused-ring (bicyclic) bond motifs is 1. The molecule has 1 aliphatic rings. The first-order valence-electron chi connectivity index (χ1n) is 8.41. The molecule has 0 aliphatic carbocycles. The summed E-state index contributed by atoms with van der Waals surface area (Å²) >= 11 is 6.23. The Morgan fingerprint density at radius 3 is 2.81 bits per heavy atom. The Balaban J connectivity index is 1.84. The Kier molecular flexibility index (Phi) is 4.49. The van der Waals surface area contributed by atoms with Crippen LogP contribution in [-0.2, 0) is 11.3 Å². The second-order valence-electron chi connectivity index (χ2n) is 6.26. The van der Waals surface area contributed by atoms with Crippen LogP contribution in [0.4, 0.5) is 11.6 Å². The zero-order valence-electron chi connectivity index (χ0n) is 14.3. The number of hydrogen-bond donors (Lipinski definition) is 1. The molecule has 0 saturated carbocycles. The number of benzene rings is 2. The number of nitrogens with zero attached hydrogens (tertiary/aromatic N) is 2. The number of rotatable bonds is 3. The van der Waals surface area contributed by atoms with Crippen molar-refractivity contribution >= 4 is 23.2 Å². The number of aromatic nitrogens is 2. The van der Waals surface area contributed by atoms with Crippen LogP contribution < -0.4 is 10.9 Å². The van der Waals surface area contributed by atoms with Gasteiger partial charge in [0.1, 0.15) is 0 Å². The summed E-state index contributed by atoms with van der Waals surface area (Å²) in [7, 11) is 0. The number of halogens is 1. The van der Waals surface area contributed by atoms with Gasteiger partial charge >= 0.3 is 0 Å². The second kappa shape index (κ2) is 6.94. The van der Waals surface area contributed by atoms with Gasteiger partial charge in [-0.25, -0.2) is 0 Å². The lowest BCUT2D eigenvalue weighted by Crippen LogP contribution is -2.31. The van der Waals surface area contributed by atoms with Gasteiger partial charge in [-0.05, 0) is 30.2 Å². The molecule has 0 bridgehead atoms. The Labute approximate surface area is 156 Å². The molecule has 1 unspecified atom stereocenters. The van der Waals surface area contributed by atoms with E-state index in [1.54, 1.807) is 0 Å². The first kappa shape index (κ1) is 16.8. The molecule has 6 heteroatoms. The topological polar surface area (TPSA) is 56.2 Å². The van der Waals surface area contributed by atoms with Crippen molar-refractivity contribution in [3.8, 4) is 0 Å². The SMILES string of the molecule is Cc1c(Cl)cccc1Nc1nc(=O)cc2n1C(c1ccccc1)COC2. The fourth-order valence-electron chi connectivity index (χ4n) is 3.22. The van der Waals surface area contributed by atoms with Crippen LogP contribution in [0.1, 0.15) is 22.9 Å². The van der Waals surface area contributed by atoms with Crippen LogP contribution in [0.25, 0.3) is 0 Å². The molecule has 132 valence electrons. The first-order chi connectivity index (χ1) is 12.6. The molecule has 2 aromatic carbocycles. The minimum atomic E-state index is -0.296. The normalized spacial score (nSPS) is 16.2. The Hall–Kier alpha value is -2.63. The van der Waals surface area contributed by atoms with Crippen LogP contribution in [0, 0.1) is 6.92 Å². The predicted molar refractivity (Wildman–Crippen MR) is 102 cm³/mol. The summed E-state index contributed by atoms with van der Waals surface area (Å²) in [4.78, 5) is 16.3. The van der Waals surface area contributed by atoms with Crippen LogP contribution in [0.3, 0.4) is 0 Å². The quantitative estimate of drug-likeness (QED) is 0.758. The lowest BCUT2D eigenvalue weighted by Gasteiger charge is -2.31. The van der Waals surface area contributed by atoms with E-state index in [4.69, 9.17) is 16.3 Å². The lowest BCUT2D eigenvalue weighted by molar-refractivity contribution is 0.0686. The summed E-state index contributed by atoms with van der Waals surface area (Å²) < 4.78 is 7.77. The number of ether oxygens (including phenoxy) is 1. The smallest absolute Gasteiger partial charge is 0.274 e. The third-order valence-electron chi connectivity index (χ3n) is 4.58. The predicted octanol–water partition coefficient (Wildman–Crippen LogP) is 4.07. The minimum Gasteiger partial charge on any atom is -0.373 e. The Morgan fingerprint density at radius 1 is 1.19 bits per heavy atom. The standard InChI is InChI=1S/C20H18ClN3O2/c1-13-16(21)8-5-9-17(13)22-20-23-19(25)10-15-11-26-12-18(24(15)20)14-6-3-2-4-7-14/h2-10,18H,11-12H2,1H3,(H,22,23,25). The van der Waals surface area contributed by atoms with Crippen molar-refractivity contribution in [2.75, 3.05) is 11.9 Å². The van der Waals surface area contributed by atoms with Crippen molar-refractivity contribution < 1.29 is 4.74 Å². The molecular formula is C20H18ClN3O2. The van der Waals surface area contributed by atoms with Crippen molar-refractivity contribution in [1.29, 1.82) is 0 Å². The number of nitrogens with one attached hydrogen (secondary N) is 1. The van der Waals surface area contributed by atoms with Crippen LogP contribution in [-0.4, -0.2) is 16.2 Å². The maximum atomic E-state index is 12.1. The van der Waals surface area contributed by atoms with Crippen LogP contribution in [0.5, 0.6) is 0 Å². The van der Waals surface area contributed by atoms with E-state index in [9.17, 15) is 4.79 Å². The molecule has 5 nitrogen and oxygen atoms in total. The zero-order chi connectivity index (χ0) is 18.1. The Morgan fingerprint density at radius 2 is 2.00 bits per heavy atom. The molecule has 1 aromatic heterocycles. The van der Waals surface area contributed by atoms with Gasteiger partial charge in [0.05, 0.1) is 24.9 Å². The van der Waals surface area contributed by atoms with Gasteiger partial charge in [0.15, 0.2) is 0 Å². The van der Waals surface area contributed by atoms with Gasteiger partial charge in [-0.2, -0.15) is 4.98 Å². The molecule has 0 amide bonds. The fourth-order valence-corrected chi connectivity index (χ4v) is 3.39. The van der Waals surface area contributed by atoms with Crippen molar-refractivity contribution in [3.05, 3.63) is 86.8 Å². The van der Waals surface area contributed by atoms with Gasteiger partial charge in [-0.15, -0.1) is 0 Å². The van der Waals surface area contributed by atoms with Crippen molar-refractivity contribution in [3.63, 3.8) is 0 Å². The molecule has 0 spiro atoms. The highest BCUT2D eigenvalue weighted by Gasteiger charge is 2.25. The molecule has 26 heavy (non-hydrogen) atoms. The zero-order valence-corrected chi connectivity index (χ0v) is 15.0. The Bertz CT molecular complexity index is 1000.